The quantitative estimate of drug-likeness (QED) is 0.598. The van der Waals surface area contributed by atoms with Gasteiger partial charge in [0.1, 0.15) is 5.71 Å². The van der Waals surface area contributed by atoms with E-state index in [4.69, 9.17) is 12.2 Å². The number of fused-ring (bicyclic) bond motifs is 1. The Bertz CT molecular complexity index is 508. The summed E-state index contributed by atoms with van der Waals surface area (Å²) in [7, 11) is 3.64. The van der Waals surface area contributed by atoms with Crippen molar-refractivity contribution in [1.82, 2.24) is 10.3 Å². The second kappa shape index (κ2) is 4.63. The van der Waals surface area contributed by atoms with E-state index < -0.39 is 0 Å². The number of ketones is 1. The Morgan fingerprint density at radius 3 is 2.76 bits per heavy atom. The summed E-state index contributed by atoms with van der Waals surface area (Å²) in [5.41, 5.74) is 4.99. The minimum atomic E-state index is -0.0188. The lowest BCUT2D eigenvalue weighted by Crippen LogP contribution is -2.32. The molecule has 0 saturated heterocycles. The number of hydrogen-bond donors (Lipinski definition) is 1. The molecule has 0 fully saturated rings. The molecule has 0 saturated carbocycles. The topological polar surface area (TPSA) is 44.7 Å². The number of hydrazone groups is 1. The van der Waals surface area contributed by atoms with Crippen LogP contribution in [0.4, 0.5) is 0 Å². The van der Waals surface area contributed by atoms with Crippen molar-refractivity contribution < 1.29 is 4.79 Å². The van der Waals surface area contributed by atoms with E-state index in [2.05, 4.69) is 10.5 Å². The minimum absolute atomic E-state index is 0.0188. The van der Waals surface area contributed by atoms with Gasteiger partial charge in [0.15, 0.2) is 5.11 Å². The van der Waals surface area contributed by atoms with Crippen LogP contribution in [0.5, 0.6) is 0 Å². The van der Waals surface area contributed by atoms with Gasteiger partial charge in [-0.25, -0.2) is 0 Å². The first-order valence-electron chi connectivity index (χ1n) is 5.26. The number of Topliss-reactive ketones (excluding diaryl/α,β-unsaturated/α-hetero) is 1. The standard InChI is InChI=1S/C12H13N3OS/c1-15(2)12(17)14-13-10-7-8-5-3-4-6-9(8)11(10)16/h3-6H,7H2,1-2H3,(H,14,17)/b13-10-. The van der Waals surface area contributed by atoms with Crippen LogP contribution in [-0.4, -0.2) is 35.6 Å². The Balaban J connectivity index is 2.15. The fourth-order valence-electron chi connectivity index (χ4n) is 1.62. The van der Waals surface area contributed by atoms with Crippen LogP contribution in [0.25, 0.3) is 0 Å². The van der Waals surface area contributed by atoms with Gasteiger partial charge in [-0.2, -0.15) is 5.10 Å². The molecule has 17 heavy (non-hydrogen) atoms. The molecule has 88 valence electrons. The molecule has 0 aliphatic heterocycles. The summed E-state index contributed by atoms with van der Waals surface area (Å²) in [5.74, 6) is -0.0188. The Morgan fingerprint density at radius 1 is 1.41 bits per heavy atom. The van der Waals surface area contributed by atoms with Crippen molar-refractivity contribution in [2.24, 2.45) is 5.10 Å². The molecule has 0 bridgehead atoms. The Hall–Kier alpha value is -1.75. The molecular weight excluding hydrogens is 234 g/mol. The van der Waals surface area contributed by atoms with Crippen molar-refractivity contribution in [2.45, 2.75) is 6.42 Å². The zero-order chi connectivity index (χ0) is 12.4. The summed E-state index contributed by atoms with van der Waals surface area (Å²) in [5, 5.41) is 4.56. The van der Waals surface area contributed by atoms with Gasteiger partial charge in [0.2, 0.25) is 5.78 Å². The summed E-state index contributed by atoms with van der Waals surface area (Å²) >= 11 is 5.03. The van der Waals surface area contributed by atoms with Gasteiger partial charge in [-0.1, -0.05) is 24.3 Å². The lowest BCUT2D eigenvalue weighted by atomic mass is 10.1. The van der Waals surface area contributed by atoms with E-state index >= 15 is 0 Å². The number of carbonyl (C=O) groups excluding carboxylic acids is 1. The second-order valence-electron chi connectivity index (χ2n) is 4.03. The third kappa shape index (κ3) is 2.34. The number of rotatable bonds is 1. The zero-order valence-corrected chi connectivity index (χ0v) is 10.5. The number of benzene rings is 1. The maximum absolute atomic E-state index is 12.0. The van der Waals surface area contributed by atoms with Crippen LogP contribution >= 0.6 is 12.2 Å². The number of nitrogens with zero attached hydrogens (tertiary/aromatic N) is 2. The molecule has 0 aromatic heterocycles. The summed E-state index contributed by atoms with van der Waals surface area (Å²) in [4.78, 5) is 13.7. The molecular formula is C12H13N3OS. The highest BCUT2D eigenvalue weighted by Gasteiger charge is 2.25. The van der Waals surface area contributed by atoms with Crippen molar-refractivity contribution in [3.63, 3.8) is 0 Å². The number of thiocarbonyl (C=S) groups is 1. The highest BCUT2D eigenvalue weighted by Crippen LogP contribution is 2.19. The molecule has 4 nitrogen and oxygen atoms in total. The van der Waals surface area contributed by atoms with Crippen LogP contribution in [0, 0.1) is 0 Å². The molecule has 0 radical (unpaired) electrons. The van der Waals surface area contributed by atoms with Crippen LogP contribution in [-0.2, 0) is 6.42 Å². The van der Waals surface area contributed by atoms with Crippen molar-refractivity contribution in [3.8, 4) is 0 Å². The van der Waals surface area contributed by atoms with Crippen molar-refractivity contribution in [3.05, 3.63) is 35.4 Å². The molecule has 0 spiro atoms. The Kier molecular flexibility index (Phi) is 3.19. The van der Waals surface area contributed by atoms with Crippen LogP contribution in [0.1, 0.15) is 15.9 Å². The number of carbonyl (C=O) groups is 1. The van der Waals surface area contributed by atoms with E-state index in [0.717, 1.165) is 11.1 Å². The molecule has 1 aliphatic carbocycles. The van der Waals surface area contributed by atoms with E-state index in [1.807, 2.05) is 38.4 Å². The molecule has 1 aromatic carbocycles. The van der Waals surface area contributed by atoms with E-state index in [-0.39, 0.29) is 5.78 Å². The van der Waals surface area contributed by atoms with Crippen LogP contribution in [0.2, 0.25) is 0 Å². The largest absolute Gasteiger partial charge is 0.354 e. The van der Waals surface area contributed by atoms with Gasteiger partial charge in [0.05, 0.1) is 0 Å². The fraction of sp³-hybridized carbons (Fsp3) is 0.250. The summed E-state index contributed by atoms with van der Waals surface area (Å²) < 4.78 is 0. The minimum Gasteiger partial charge on any atom is -0.354 e. The molecule has 0 heterocycles. The molecule has 5 heteroatoms. The first-order valence-corrected chi connectivity index (χ1v) is 5.67. The van der Waals surface area contributed by atoms with Gasteiger partial charge >= 0.3 is 0 Å². The van der Waals surface area contributed by atoms with Gasteiger partial charge in [-0.05, 0) is 17.8 Å². The average Bonchev–Trinajstić information content (AvgIpc) is 2.64. The monoisotopic (exact) mass is 247 g/mol. The number of hydrogen-bond acceptors (Lipinski definition) is 3. The summed E-state index contributed by atoms with van der Waals surface area (Å²) in [6, 6.07) is 7.55. The third-order valence-electron chi connectivity index (χ3n) is 2.57. The molecule has 0 atom stereocenters. The highest BCUT2D eigenvalue weighted by atomic mass is 32.1. The van der Waals surface area contributed by atoms with Gasteiger partial charge in [0.25, 0.3) is 0 Å². The molecule has 1 N–H and O–H groups in total. The van der Waals surface area contributed by atoms with Crippen LogP contribution in [0.15, 0.2) is 29.4 Å². The first-order chi connectivity index (χ1) is 8.09. The number of nitrogens with one attached hydrogen (secondary N) is 1. The molecule has 1 aliphatic rings. The Morgan fingerprint density at radius 2 is 2.12 bits per heavy atom. The normalized spacial score (nSPS) is 15.9. The SMILES string of the molecule is CN(C)C(=S)N/N=C1/Cc2ccccc2C1=O. The molecule has 2 rings (SSSR count). The summed E-state index contributed by atoms with van der Waals surface area (Å²) in [6.07, 6.45) is 0.568. The smallest absolute Gasteiger partial charge is 0.209 e. The lowest BCUT2D eigenvalue weighted by molar-refractivity contribution is 0.106. The van der Waals surface area contributed by atoms with Gasteiger partial charge in [-0.3, -0.25) is 10.2 Å². The first kappa shape index (κ1) is 11.7. The van der Waals surface area contributed by atoms with Crippen molar-refractivity contribution in [2.75, 3.05) is 14.1 Å². The van der Waals surface area contributed by atoms with Gasteiger partial charge in [-0.15, -0.1) is 0 Å². The maximum atomic E-state index is 12.0. The second-order valence-corrected chi connectivity index (χ2v) is 4.42. The molecule has 0 unspecified atom stereocenters. The van der Waals surface area contributed by atoms with Gasteiger partial charge in [0, 0.05) is 26.1 Å². The zero-order valence-electron chi connectivity index (χ0n) is 9.73. The third-order valence-corrected chi connectivity index (χ3v) is 3.03. The van der Waals surface area contributed by atoms with Crippen molar-refractivity contribution >= 4 is 28.8 Å². The van der Waals surface area contributed by atoms with Gasteiger partial charge < -0.3 is 4.90 Å². The van der Waals surface area contributed by atoms with E-state index in [0.29, 0.717) is 17.2 Å². The predicted molar refractivity (Wildman–Crippen MR) is 71.3 cm³/mol. The molecule has 1 aromatic rings. The average molecular weight is 247 g/mol. The predicted octanol–water partition coefficient (Wildman–Crippen LogP) is 1.22. The maximum Gasteiger partial charge on any atom is 0.209 e. The Labute approximate surface area is 105 Å². The van der Waals surface area contributed by atoms with Crippen LogP contribution < -0.4 is 5.43 Å². The van der Waals surface area contributed by atoms with E-state index in [1.165, 1.54) is 0 Å². The molecule has 0 amide bonds. The van der Waals surface area contributed by atoms with E-state index in [1.54, 1.807) is 4.90 Å². The fourth-order valence-corrected chi connectivity index (χ4v) is 1.66. The van der Waals surface area contributed by atoms with Crippen LogP contribution in [0.3, 0.4) is 0 Å². The van der Waals surface area contributed by atoms with E-state index in [9.17, 15) is 4.79 Å². The highest BCUT2D eigenvalue weighted by molar-refractivity contribution is 7.80. The summed E-state index contributed by atoms with van der Waals surface area (Å²) in [6.45, 7) is 0. The van der Waals surface area contributed by atoms with Crippen molar-refractivity contribution in [1.29, 1.82) is 0 Å². The lowest BCUT2D eigenvalue weighted by Gasteiger charge is -2.12.